The first-order valence-electron chi connectivity index (χ1n) is 6.66. The van der Waals surface area contributed by atoms with E-state index in [0.717, 1.165) is 12.2 Å². The Morgan fingerprint density at radius 1 is 1.45 bits per heavy atom. The minimum Gasteiger partial charge on any atom is -0.324 e. The third kappa shape index (κ3) is 3.89. The van der Waals surface area contributed by atoms with Crippen LogP contribution in [0.5, 0.6) is 0 Å². The molecule has 0 aliphatic heterocycles. The van der Waals surface area contributed by atoms with E-state index in [2.05, 4.69) is 34.4 Å². The van der Waals surface area contributed by atoms with Crippen molar-refractivity contribution in [3.8, 4) is 5.82 Å². The van der Waals surface area contributed by atoms with E-state index in [4.69, 9.17) is 0 Å². The van der Waals surface area contributed by atoms with Gasteiger partial charge < -0.3 is 10.6 Å². The molecular formula is C14H19N5O. The van der Waals surface area contributed by atoms with Gasteiger partial charge >= 0.3 is 0 Å². The van der Waals surface area contributed by atoms with Crippen molar-refractivity contribution in [2.75, 3.05) is 11.9 Å². The molecule has 0 bridgehead atoms. The van der Waals surface area contributed by atoms with Gasteiger partial charge in [-0.1, -0.05) is 6.92 Å². The number of imidazole rings is 1. The molecular weight excluding hydrogens is 254 g/mol. The van der Waals surface area contributed by atoms with Crippen molar-refractivity contribution < 1.29 is 4.79 Å². The summed E-state index contributed by atoms with van der Waals surface area (Å²) in [6.07, 6.45) is 7.82. The van der Waals surface area contributed by atoms with E-state index in [9.17, 15) is 4.79 Å². The van der Waals surface area contributed by atoms with Gasteiger partial charge in [0, 0.05) is 18.4 Å². The summed E-state index contributed by atoms with van der Waals surface area (Å²) in [5.74, 6) is 0.695. The highest BCUT2D eigenvalue weighted by atomic mass is 16.1. The van der Waals surface area contributed by atoms with E-state index in [-0.39, 0.29) is 5.91 Å². The Hall–Kier alpha value is -2.21. The smallest absolute Gasteiger partial charge is 0.238 e. The molecule has 1 atom stereocenters. The monoisotopic (exact) mass is 273 g/mol. The van der Waals surface area contributed by atoms with Gasteiger partial charge in [0.1, 0.15) is 12.1 Å². The van der Waals surface area contributed by atoms with Gasteiger partial charge in [0.2, 0.25) is 5.91 Å². The molecule has 0 saturated heterocycles. The molecule has 20 heavy (non-hydrogen) atoms. The molecule has 0 aliphatic carbocycles. The van der Waals surface area contributed by atoms with E-state index in [1.54, 1.807) is 23.3 Å². The summed E-state index contributed by atoms with van der Waals surface area (Å²) >= 11 is 0. The maximum absolute atomic E-state index is 11.7. The molecule has 0 radical (unpaired) electrons. The first-order chi connectivity index (χ1) is 9.69. The average Bonchev–Trinajstić information content (AvgIpc) is 2.99. The Morgan fingerprint density at radius 2 is 2.30 bits per heavy atom. The largest absolute Gasteiger partial charge is 0.324 e. The molecule has 2 aromatic heterocycles. The molecule has 0 fully saturated rings. The van der Waals surface area contributed by atoms with Gasteiger partial charge in [-0.2, -0.15) is 0 Å². The first kappa shape index (κ1) is 14.2. The number of nitrogens with one attached hydrogen (secondary N) is 2. The van der Waals surface area contributed by atoms with Crippen molar-refractivity contribution in [3.63, 3.8) is 0 Å². The van der Waals surface area contributed by atoms with Gasteiger partial charge in [0.05, 0.1) is 18.4 Å². The molecule has 2 rings (SSSR count). The lowest BCUT2D eigenvalue weighted by molar-refractivity contribution is -0.115. The standard InChI is InChI=1S/C14H19N5O/c1-3-11(2)16-9-14(20)18-12-4-5-13(17-8-12)19-7-6-15-10-19/h4-8,10-11,16H,3,9H2,1-2H3,(H,18,20). The summed E-state index contributed by atoms with van der Waals surface area (Å²) in [7, 11) is 0. The Morgan fingerprint density at radius 3 is 2.90 bits per heavy atom. The number of amides is 1. The molecule has 0 aliphatic rings. The van der Waals surface area contributed by atoms with E-state index >= 15 is 0 Å². The molecule has 106 valence electrons. The topological polar surface area (TPSA) is 71.8 Å². The number of anilines is 1. The van der Waals surface area contributed by atoms with E-state index in [0.29, 0.717) is 18.3 Å². The maximum Gasteiger partial charge on any atom is 0.238 e. The van der Waals surface area contributed by atoms with Crippen molar-refractivity contribution in [1.29, 1.82) is 0 Å². The highest BCUT2D eigenvalue weighted by Gasteiger charge is 2.05. The number of aromatic nitrogens is 3. The summed E-state index contributed by atoms with van der Waals surface area (Å²) < 4.78 is 1.80. The van der Waals surface area contributed by atoms with Gasteiger partial charge in [-0.15, -0.1) is 0 Å². The summed E-state index contributed by atoms with van der Waals surface area (Å²) in [4.78, 5) is 20.0. The van der Waals surface area contributed by atoms with Crippen LogP contribution in [0.3, 0.4) is 0 Å². The number of pyridine rings is 1. The highest BCUT2D eigenvalue weighted by Crippen LogP contribution is 2.09. The van der Waals surface area contributed by atoms with E-state index < -0.39 is 0 Å². The molecule has 2 N–H and O–H groups in total. The van der Waals surface area contributed by atoms with Crippen molar-refractivity contribution in [2.24, 2.45) is 0 Å². The average molecular weight is 273 g/mol. The molecule has 0 spiro atoms. The number of hydrogen-bond acceptors (Lipinski definition) is 4. The maximum atomic E-state index is 11.7. The number of nitrogens with zero attached hydrogens (tertiary/aromatic N) is 3. The third-order valence-corrected chi connectivity index (χ3v) is 3.02. The van der Waals surface area contributed by atoms with Crippen LogP contribution in [-0.2, 0) is 4.79 Å². The predicted molar refractivity (Wildman–Crippen MR) is 77.7 cm³/mol. The molecule has 6 heteroatoms. The summed E-state index contributed by atoms with van der Waals surface area (Å²) in [5, 5.41) is 5.95. The fourth-order valence-corrected chi connectivity index (χ4v) is 1.62. The molecule has 2 aromatic rings. The van der Waals surface area contributed by atoms with E-state index in [1.807, 2.05) is 18.3 Å². The van der Waals surface area contributed by atoms with Gasteiger partial charge in [-0.25, -0.2) is 9.97 Å². The number of hydrogen-bond donors (Lipinski definition) is 2. The summed E-state index contributed by atoms with van der Waals surface area (Å²) in [6.45, 7) is 4.43. The normalized spacial score (nSPS) is 12.1. The van der Waals surface area contributed by atoms with Crippen LogP contribution in [0, 0.1) is 0 Å². The quantitative estimate of drug-likeness (QED) is 0.838. The fourth-order valence-electron chi connectivity index (χ4n) is 1.62. The van der Waals surface area contributed by atoms with Crippen LogP contribution >= 0.6 is 0 Å². The molecule has 1 unspecified atom stereocenters. The molecule has 2 heterocycles. The van der Waals surface area contributed by atoms with Crippen molar-refractivity contribution in [1.82, 2.24) is 19.9 Å². The lowest BCUT2D eigenvalue weighted by atomic mass is 10.2. The minimum atomic E-state index is -0.0671. The van der Waals surface area contributed by atoms with Crippen LogP contribution in [0.15, 0.2) is 37.1 Å². The lowest BCUT2D eigenvalue weighted by Crippen LogP contribution is -2.33. The van der Waals surface area contributed by atoms with Crippen LogP contribution in [0.4, 0.5) is 5.69 Å². The Balaban J connectivity index is 1.89. The van der Waals surface area contributed by atoms with Gasteiger partial charge in [0.25, 0.3) is 0 Å². The second-order valence-corrected chi connectivity index (χ2v) is 4.61. The second-order valence-electron chi connectivity index (χ2n) is 4.61. The first-order valence-corrected chi connectivity index (χ1v) is 6.66. The van der Waals surface area contributed by atoms with Crippen LogP contribution in [0.2, 0.25) is 0 Å². The summed E-state index contributed by atoms with van der Waals surface area (Å²) in [5.41, 5.74) is 0.685. The molecule has 6 nitrogen and oxygen atoms in total. The number of carbonyl (C=O) groups excluding carboxylic acids is 1. The van der Waals surface area contributed by atoms with E-state index in [1.165, 1.54) is 0 Å². The van der Waals surface area contributed by atoms with Crippen LogP contribution < -0.4 is 10.6 Å². The number of rotatable bonds is 6. The van der Waals surface area contributed by atoms with Gasteiger partial charge in [-0.3, -0.25) is 9.36 Å². The Kier molecular flexibility index (Phi) is 4.84. The fraction of sp³-hybridized carbons (Fsp3) is 0.357. The molecule has 0 saturated carbocycles. The second kappa shape index (κ2) is 6.81. The van der Waals surface area contributed by atoms with Crippen LogP contribution in [0.1, 0.15) is 20.3 Å². The zero-order chi connectivity index (χ0) is 14.4. The lowest BCUT2D eigenvalue weighted by Gasteiger charge is -2.11. The van der Waals surface area contributed by atoms with Crippen LogP contribution in [0.25, 0.3) is 5.82 Å². The third-order valence-electron chi connectivity index (χ3n) is 3.02. The van der Waals surface area contributed by atoms with Crippen LogP contribution in [-0.4, -0.2) is 33.0 Å². The van der Waals surface area contributed by atoms with Crippen molar-refractivity contribution in [2.45, 2.75) is 26.3 Å². The minimum absolute atomic E-state index is 0.0671. The van der Waals surface area contributed by atoms with Crippen molar-refractivity contribution in [3.05, 3.63) is 37.1 Å². The SMILES string of the molecule is CCC(C)NCC(=O)Nc1ccc(-n2ccnc2)nc1. The summed E-state index contributed by atoms with van der Waals surface area (Å²) in [6, 6.07) is 3.99. The number of carbonyl (C=O) groups is 1. The Bertz CT molecular complexity index is 535. The Labute approximate surface area is 118 Å². The molecule has 1 amide bonds. The predicted octanol–water partition coefficient (Wildman–Crippen LogP) is 1.59. The molecule has 0 aromatic carbocycles. The zero-order valence-electron chi connectivity index (χ0n) is 11.7. The van der Waals surface area contributed by atoms with Gasteiger partial charge in [-0.05, 0) is 25.5 Å². The zero-order valence-corrected chi connectivity index (χ0v) is 11.7. The highest BCUT2D eigenvalue weighted by molar-refractivity contribution is 5.92. The van der Waals surface area contributed by atoms with Crippen molar-refractivity contribution >= 4 is 11.6 Å². The van der Waals surface area contributed by atoms with Gasteiger partial charge in [0.15, 0.2) is 0 Å².